The van der Waals surface area contributed by atoms with Gasteiger partial charge in [-0.05, 0) is 44.1 Å². The first kappa shape index (κ1) is 14.8. The van der Waals surface area contributed by atoms with Gasteiger partial charge in [-0.15, -0.1) is 0 Å². The van der Waals surface area contributed by atoms with Crippen LogP contribution in [-0.4, -0.2) is 10.5 Å². The molecule has 1 saturated carbocycles. The fourth-order valence-electron chi connectivity index (χ4n) is 2.88. The zero-order valence-corrected chi connectivity index (χ0v) is 12.6. The van der Waals surface area contributed by atoms with E-state index in [0.29, 0.717) is 24.1 Å². The lowest BCUT2D eigenvalue weighted by Crippen LogP contribution is -2.30. The van der Waals surface area contributed by atoms with Gasteiger partial charge in [-0.3, -0.25) is 9.59 Å². The molecule has 0 spiro atoms. The fourth-order valence-corrected chi connectivity index (χ4v) is 2.88. The third kappa shape index (κ3) is 3.30. The summed E-state index contributed by atoms with van der Waals surface area (Å²) in [6, 6.07) is 3.19. The molecular formula is C16H26N2O2. The quantitative estimate of drug-likeness (QED) is 0.923. The number of hydrogen-bond donors (Lipinski definition) is 1. The van der Waals surface area contributed by atoms with E-state index >= 15 is 0 Å². The molecule has 3 unspecified atom stereocenters. The van der Waals surface area contributed by atoms with Crippen LogP contribution in [0.1, 0.15) is 41.5 Å². The molecule has 0 aromatic carbocycles. The van der Waals surface area contributed by atoms with Crippen LogP contribution in [-0.2, 0) is 11.3 Å². The average molecular weight is 278 g/mol. The van der Waals surface area contributed by atoms with Gasteiger partial charge in [0, 0.05) is 26.2 Å². The van der Waals surface area contributed by atoms with E-state index in [1.54, 1.807) is 16.8 Å². The Morgan fingerprint density at radius 3 is 2.75 bits per heavy atom. The summed E-state index contributed by atoms with van der Waals surface area (Å²) in [7, 11) is 0. The second kappa shape index (κ2) is 6.25. The van der Waals surface area contributed by atoms with Crippen LogP contribution in [0, 0.1) is 17.8 Å². The summed E-state index contributed by atoms with van der Waals surface area (Å²) in [6.45, 7) is 7.01. The van der Waals surface area contributed by atoms with Gasteiger partial charge < -0.3 is 9.88 Å². The summed E-state index contributed by atoms with van der Waals surface area (Å²) in [5.41, 5.74) is 0.674. The molecule has 1 aromatic rings. The number of rotatable bonds is 3. The monoisotopic (exact) mass is 278 g/mol. The minimum atomic E-state index is -0.0365. The van der Waals surface area contributed by atoms with E-state index in [2.05, 4.69) is 19.2 Å². The molecule has 4 nitrogen and oxygen atoms in total. The second-order valence-electron chi connectivity index (χ2n) is 6.00. The lowest BCUT2D eigenvalue weighted by Gasteiger charge is -2.31. The van der Waals surface area contributed by atoms with Gasteiger partial charge in [-0.25, -0.2) is 0 Å². The second-order valence-corrected chi connectivity index (χ2v) is 6.00. The van der Waals surface area contributed by atoms with Crippen LogP contribution in [0.15, 0.2) is 23.1 Å². The van der Waals surface area contributed by atoms with Crippen molar-refractivity contribution < 1.29 is 6.22 Å². The molecule has 20 heavy (non-hydrogen) atoms. The van der Waals surface area contributed by atoms with Crippen LogP contribution in [0.5, 0.6) is 0 Å². The molecule has 1 heterocycles. The largest absolute Gasteiger partial charge is 0.325 e. The maximum atomic E-state index is 12.3. The van der Waals surface area contributed by atoms with E-state index in [1.165, 1.54) is 6.07 Å². The van der Waals surface area contributed by atoms with Gasteiger partial charge >= 0.3 is 0 Å². The highest BCUT2D eigenvalue weighted by Gasteiger charge is 2.29. The lowest BCUT2D eigenvalue weighted by molar-refractivity contribution is -0.121. The Bertz CT molecular complexity index is 541. The number of pyridine rings is 1. The minimum absolute atomic E-state index is 0. The first-order valence-corrected chi connectivity index (χ1v) is 7.52. The van der Waals surface area contributed by atoms with Crippen LogP contribution >= 0.6 is 0 Å². The van der Waals surface area contributed by atoms with Crippen LogP contribution in [0.2, 0.25) is 0 Å². The van der Waals surface area contributed by atoms with Crippen LogP contribution in [0.3, 0.4) is 0 Å². The van der Waals surface area contributed by atoms with E-state index in [9.17, 15) is 9.59 Å². The molecule has 2 rings (SSSR count). The Kier molecular flexibility index (Phi) is 4.63. The van der Waals surface area contributed by atoms with Gasteiger partial charge in [0.2, 0.25) is 5.91 Å². The molecule has 3 atom stereocenters. The van der Waals surface area contributed by atoms with Gasteiger partial charge in [0.1, 0.15) is 0 Å². The summed E-state index contributed by atoms with van der Waals surface area (Å²) < 4.78 is 1.60. The van der Waals surface area contributed by atoms with E-state index in [-0.39, 0.29) is 18.8 Å². The number of amides is 1. The number of nitrogens with one attached hydrogen (secondary N) is 1. The fraction of sp³-hybridized carbons (Fsp3) is 0.625. The van der Waals surface area contributed by atoms with Crippen molar-refractivity contribution in [1.82, 2.24) is 4.57 Å². The van der Waals surface area contributed by atoms with Crippen molar-refractivity contribution in [2.75, 3.05) is 5.32 Å². The maximum absolute atomic E-state index is 12.3. The number of anilines is 1. The Labute approximate surface area is 121 Å². The molecule has 1 aliphatic rings. The van der Waals surface area contributed by atoms with E-state index in [0.717, 1.165) is 19.3 Å². The highest BCUT2D eigenvalue weighted by Crippen LogP contribution is 2.33. The summed E-state index contributed by atoms with van der Waals surface area (Å²) in [5.74, 6) is 1.50. The predicted octanol–water partition coefficient (Wildman–Crippen LogP) is 3.13. The third-order valence-electron chi connectivity index (χ3n) is 4.56. The van der Waals surface area contributed by atoms with Gasteiger partial charge in [0.15, 0.2) is 0 Å². The molecule has 1 aliphatic carbocycles. The molecule has 0 bridgehead atoms. The Morgan fingerprint density at radius 1 is 1.35 bits per heavy atom. The van der Waals surface area contributed by atoms with Crippen LogP contribution in [0.4, 0.5) is 5.69 Å². The molecule has 0 saturated heterocycles. The van der Waals surface area contributed by atoms with Crippen LogP contribution in [0.25, 0.3) is 0 Å². The Hall–Kier alpha value is -1.58. The average Bonchev–Trinajstić information content (AvgIpc) is 2.43. The zero-order valence-electron chi connectivity index (χ0n) is 12.6. The third-order valence-corrected chi connectivity index (χ3v) is 4.56. The van der Waals surface area contributed by atoms with Gasteiger partial charge in [-0.1, -0.05) is 13.8 Å². The lowest BCUT2D eigenvalue weighted by atomic mass is 9.75. The van der Waals surface area contributed by atoms with Crippen molar-refractivity contribution in [3.05, 3.63) is 28.7 Å². The van der Waals surface area contributed by atoms with Crippen molar-refractivity contribution in [1.29, 1.82) is 0 Å². The first-order chi connectivity index (χ1) is 9.51. The Balaban J connectivity index is 0.00000220. The van der Waals surface area contributed by atoms with Gasteiger partial charge in [0.25, 0.3) is 5.56 Å². The summed E-state index contributed by atoms with van der Waals surface area (Å²) >= 11 is 0. The van der Waals surface area contributed by atoms with Crippen LogP contribution < -0.4 is 10.9 Å². The van der Waals surface area contributed by atoms with E-state index < -0.39 is 0 Å². The van der Waals surface area contributed by atoms with E-state index in [4.69, 9.17) is 0 Å². The topological polar surface area (TPSA) is 51.1 Å². The number of aromatic nitrogens is 1. The number of hydrogen-bond acceptors (Lipinski definition) is 2. The molecule has 1 N–H and O–H groups in total. The minimum Gasteiger partial charge on any atom is -0.325 e. The number of carbonyl (C=O) groups is 1. The van der Waals surface area contributed by atoms with Gasteiger partial charge in [0.05, 0.1) is 5.69 Å². The summed E-state index contributed by atoms with van der Waals surface area (Å²) in [6.07, 6.45) is 4.76. The number of carbonyl (C=O) groups excluding carboxylic acids is 1. The molecule has 4 heteroatoms. The molecule has 1 aromatic heterocycles. The highest BCUT2D eigenvalue weighted by atomic mass is 16.2. The Morgan fingerprint density at radius 2 is 2.10 bits per heavy atom. The van der Waals surface area contributed by atoms with Crippen molar-refractivity contribution in [2.24, 2.45) is 17.8 Å². The highest BCUT2D eigenvalue weighted by molar-refractivity contribution is 5.92. The molecular weight excluding hydrogens is 252 g/mol. The normalized spacial score (nSPS) is 26.2. The SMILES string of the molecule is CCn1cc(NC(=O)C2CCC(C)C(C)C2)ccc1=O.[HH]. The number of aryl methyl sites for hydroxylation is 1. The first-order valence-electron chi connectivity index (χ1n) is 7.52. The smallest absolute Gasteiger partial charge is 0.250 e. The molecule has 112 valence electrons. The summed E-state index contributed by atoms with van der Waals surface area (Å²) in [5, 5.41) is 2.95. The maximum Gasteiger partial charge on any atom is 0.250 e. The number of nitrogens with zero attached hydrogens (tertiary/aromatic N) is 1. The van der Waals surface area contributed by atoms with E-state index in [1.807, 2.05) is 6.92 Å². The van der Waals surface area contributed by atoms with Crippen molar-refractivity contribution in [3.63, 3.8) is 0 Å². The molecule has 1 amide bonds. The van der Waals surface area contributed by atoms with Gasteiger partial charge in [-0.2, -0.15) is 0 Å². The standard InChI is InChI=1S/C16H24N2O2.H2/c1-4-18-10-14(7-8-15(18)19)17-16(20)13-6-5-11(2)12(3)9-13;/h7-8,10-13H,4-6,9H2,1-3H3,(H,17,20);1H. The zero-order chi connectivity index (χ0) is 14.7. The molecule has 0 radical (unpaired) electrons. The molecule has 0 aliphatic heterocycles. The van der Waals surface area contributed by atoms with Crippen molar-refractivity contribution >= 4 is 11.6 Å². The summed E-state index contributed by atoms with van der Waals surface area (Å²) in [4.78, 5) is 23.8. The molecule has 1 fully saturated rings. The van der Waals surface area contributed by atoms with Crippen molar-refractivity contribution in [3.8, 4) is 0 Å². The van der Waals surface area contributed by atoms with Crippen molar-refractivity contribution in [2.45, 2.75) is 46.6 Å². The predicted molar refractivity (Wildman–Crippen MR) is 82.8 cm³/mol.